The number of benzene rings is 1. The van der Waals surface area contributed by atoms with Crippen molar-refractivity contribution in [3.8, 4) is 30.0 Å². The topological polar surface area (TPSA) is 113 Å². The van der Waals surface area contributed by atoms with Gasteiger partial charge in [0.25, 0.3) is 5.91 Å². The maximum atomic E-state index is 14.5. The fraction of sp³-hybridized carbons (Fsp3) is 0.308. The highest BCUT2D eigenvalue weighted by Crippen LogP contribution is 2.34. The number of anilines is 1. The number of hydrogen-bond donors (Lipinski definition) is 2. The predicted octanol–water partition coefficient (Wildman–Crippen LogP) is 4.61. The number of primary amides is 1. The van der Waals surface area contributed by atoms with Crippen LogP contribution in [-0.4, -0.2) is 34.5 Å². The molecule has 2 heterocycles. The molecule has 0 aliphatic heterocycles. The van der Waals surface area contributed by atoms with Crippen LogP contribution in [0, 0.1) is 30.1 Å². The number of rotatable bonds is 4. The van der Waals surface area contributed by atoms with Gasteiger partial charge < -0.3 is 15.8 Å². The van der Waals surface area contributed by atoms with Gasteiger partial charge in [-0.15, -0.1) is 12.8 Å². The Bertz CT molecular complexity index is 1150. The maximum absolute atomic E-state index is 14.5. The molecule has 0 saturated heterocycles. The molecule has 8 heteroatoms. The van der Waals surface area contributed by atoms with E-state index in [4.69, 9.17) is 15.8 Å². The largest absolute Gasteiger partial charge is 0.377 e. The second-order valence-corrected chi connectivity index (χ2v) is 7.30. The number of carbonyl (C=O) groups excluding carboxylic acids is 2. The minimum absolute atomic E-state index is 0.0200. The third kappa shape index (κ3) is 5.99. The number of amides is 1. The molecule has 0 bridgehead atoms. The number of aromatic nitrogens is 2. The minimum atomic E-state index is -0.984. The molecule has 1 aliphatic rings. The van der Waals surface area contributed by atoms with Gasteiger partial charge in [0.05, 0.1) is 40.6 Å². The van der Waals surface area contributed by atoms with E-state index in [-0.39, 0.29) is 17.5 Å². The first-order valence-corrected chi connectivity index (χ1v) is 10.8. The molecule has 0 spiro atoms. The molecule has 178 valence electrons. The number of terminal acetylenes is 1. The van der Waals surface area contributed by atoms with Gasteiger partial charge in [0, 0.05) is 11.8 Å². The second-order valence-electron chi connectivity index (χ2n) is 7.30. The van der Waals surface area contributed by atoms with Gasteiger partial charge in [-0.05, 0) is 42.5 Å². The van der Waals surface area contributed by atoms with Crippen LogP contribution in [-0.2, 0) is 4.79 Å². The van der Waals surface area contributed by atoms with Gasteiger partial charge in [0.2, 0.25) is 0 Å². The Morgan fingerprint density at radius 1 is 1.24 bits per heavy atom. The standard InChI is InChI=1S/C21H20FN5O.C2H6.C2H2.CH2O/c1-12-2-7-17(19(12)22)26-20-16(21(24)28)10-25-27-11-15(8-18(20)27)14-5-3-13(9-23)4-6-14;3*1-2/h3-6,8,10-12,17,19,26H,2,7H2,1H3,(H2,24,28);1-2H3;1-2H;1H2/t12-,17+,19-;;;/m0.../s1. The zero-order valence-corrected chi connectivity index (χ0v) is 19.7. The Labute approximate surface area is 199 Å². The van der Waals surface area contributed by atoms with Crippen LogP contribution in [0.2, 0.25) is 0 Å². The summed E-state index contributed by atoms with van der Waals surface area (Å²) in [5, 5.41) is 16.5. The van der Waals surface area contributed by atoms with Gasteiger partial charge >= 0.3 is 0 Å². The fourth-order valence-corrected chi connectivity index (χ4v) is 3.78. The average Bonchev–Trinajstić information content (AvgIpc) is 3.47. The lowest BCUT2D eigenvalue weighted by atomic mass is 10.1. The summed E-state index contributed by atoms with van der Waals surface area (Å²) in [5.41, 5.74) is 9.30. The van der Waals surface area contributed by atoms with Crippen LogP contribution >= 0.6 is 0 Å². The summed E-state index contributed by atoms with van der Waals surface area (Å²) in [4.78, 5) is 19.9. The number of hydrogen-bond acceptors (Lipinski definition) is 5. The third-order valence-electron chi connectivity index (χ3n) is 5.44. The zero-order chi connectivity index (χ0) is 25.8. The number of nitrogens with two attached hydrogens (primary N) is 1. The van der Waals surface area contributed by atoms with Crippen molar-refractivity contribution in [2.24, 2.45) is 11.7 Å². The molecule has 1 fully saturated rings. The van der Waals surface area contributed by atoms with E-state index in [1.165, 1.54) is 6.20 Å². The molecule has 1 aromatic carbocycles. The van der Waals surface area contributed by atoms with E-state index in [2.05, 4.69) is 29.3 Å². The van der Waals surface area contributed by atoms with E-state index < -0.39 is 12.1 Å². The number of carbonyl (C=O) groups is 2. The summed E-state index contributed by atoms with van der Waals surface area (Å²) >= 11 is 0. The summed E-state index contributed by atoms with van der Waals surface area (Å²) in [5.74, 6) is -0.631. The second kappa shape index (κ2) is 13.4. The molecule has 34 heavy (non-hydrogen) atoms. The lowest BCUT2D eigenvalue weighted by molar-refractivity contribution is -0.0980. The zero-order valence-electron chi connectivity index (χ0n) is 19.7. The monoisotopic (exact) mass is 463 g/mol. The number of halogens is 1. The van der Waals surface area contributed by atoms with Crippen LogP contribution in [0.3, 0.4) is 0 Å². The molecule has 0 unspecified atom stereocenters. The molecule has 3 atom stereocenters. The Kier molecular flexibility index (Phi) is 11.0. The molecule has 7 nitrogen and oxygen atoms in total. The van der Waals surface area contributed by atoms with Gasteiger partial charge in [-0.2, -0.15) is 10.4 Å². The Balaban J connectivity index is 0.000000894. The molecule has 3 N–H and O–H groups in total. The smallest absolute Gasteiger partial charge is 0.252 e. The first-order valence-electron chi connectivity index (χ1n) is 10.8. The lowest BCUT2D eigenvalue weighted by Crippen LogP contribution is -2.29. The van der Waals surface area contributed by atoms with Gasteiger partial charge in [-0.25, -0.2) is 8.91 Å². The summed E-state index contributed by atoms with van der Waals surface area (Å²) in [6, 6.07) is 10.8. The highest BCUT2D eigenvalue weighted by atomic mass is 19.1. The number of nitrogens with one attached hydrogen (secondary N) is 1. The molecule has 1 saturated carbocycles. The van der Waals surface area contributed by atoms with E-state index in [9.17, 15) is 9.18 Å². The van der Waals surface area contributed by atoms with Crippen molar-refractivity contribution in [1.29, 1.82) is 5.26 Å². The van der Waals surface area contributed by atoms with Crippen LogP contribution in [0.1, 0.15) is 49.5 Å². The molecule has 1 amide bonds. The van der Waals surface area contributed by atoms with E-state index in [1.807, 2.05) is 52.0 Å². The summed E-state index contributed by atoms with van der Waals surface area (Å²) in [6.07, 6.45) is 11.7. The van der Waals surface area contributed by atoms with Crippen molar-refractivity contribution in [3.63, 3.8) is 0 Å². The lowest BCUT2D eigenvalue weighted by Gasteiger charge is -2.20. The van der Waals surface area contributed by atoms with Crippen molar-refractivity contribution >= 4 is 23.9 Å². The highest BCUT2D eigenvalue weighted by molar-refractivity contribution is 6.02. The molecular formula is C26H30FN5O2. The number of alkyl halides is 1. The first kappa shape index (κ1) is 27.9. The Morgan fingerprint density at radius 2 is 1.85 bits per heavy atom. The average molecular weight is 464 g/mol. The normalized spacial score (nSPS) is 18.1. The number of fused-ring (bicyclic) bond motifs is 1. The van der Waals surface area contributed by atoms with Crippen LogP contribution < -0.4 is 11.1 Å². The third-order valence-corrected chi connectivity index (χ3v) is 5.44. The quantitative estimate of drug-likeness (QED) is 0.549. The van der Waals surface area contributed by atoms with Crippen LogP contribution in [0.15, 0.2) is 42.7 Å². The van der Waals surface area contributed by atoms with Crippen molar-refractivity contribution in [3.05, 3.63) is 53.9 Å². The maximum Gasteiger partial charge on any atom is 0.252 e. The Morgan fingerprint density at radius 3 is 2.35 bits per heavy atom. The van der Waals surface area contributed by atoms with Crippen LogP contribution in [0.25, 0.3) is 16.6 Å². The van der Waals surface area contributed by atoms with E-state index in [0.717, 1.165) is 17.5 Å². The number of nitrogens with zero attached hydrogens (tertiary/aromatic N) is 3. The van der Waals surface area contributed by atoms with E-state index >= 15 is 0 Å². The van der Waals surface area contributed by atoms with E-state index in [0.29, 0.717) is 23.2 Å². The van der Waals surface area contributed by atoms with Crippen molar-refractivity contribution in [1.82, 2.24) is 9.61 Å². The van der Waals surface area contributed by atoms with Crippen molar-refractivity contribution in [2.45, 2.75) is 45.8 Å². The number of nitriles is 1. The Hall–Kier alpha value is -4.17. The minimum Gasteiger partial charge on any atom is -0.377 e. The molecule has 4 rings (SSSR count). The molecule has 0 radical (unpaired) electrons. The molecule has 1 aliphatic carbocycles. The van der Waals surface area contributed by atoms with E-state index in [1.54, 1.807) is 16.6 Å². The van der Waals surface area contributed by atoms with Gasteiger partial charge in [0.15, 0.2) is 0 Å². The predicted molar refractivity (Wildman–Crippen MR) is 133 cm³/mol. The van der Waals surface area contributed by atoms with Gasteiger partial charge in [-0.1, -0.05) is 32.9 Å². The SMILES string of the molecule is C#C.C=O.CC.C[C@H]1CC[C@@H](Nc2c(C(N)=O)cnn3cc(-c4ccc(C#N)cc4)cc23)[C@H]1F. The van der Waals surface area contributed by atoms with Crippen molar-refractivity contribution in [2.75, 3.05) is 5.32 Å². The highest BCUT2D eigenvalue weighted by Gasteiger charge is 2.34. The molecule has 3 aromatic rings. The van der Waals surface area contributed by atoms with Gasteiger partial charge in [0.1, 0.15) is 13.0 Å². The summed E-state index contributed by atoms with van der Waals surface area (Å²) in [7, 11) is 0. The van der Waals surface area contributed by atoms with Crippen LogP contribution in [0.4, 0.5) is 10.1 Å². The fourth-order valence-electron chi connectivity index (χ4n) is 3.78. The summed E-state index contributed by atoms with van der Waals surface area (Å²) in [6.45, 7) is 7.89. The molecular weight excluding hydrogens is 433 g/mol. The van der Waals surface area contributed by atoms with Crippen molar-refractivity contribution < 1.29 is 14.0 Å². The van der Waals surface area contributed by atoms with Gasteiger partial charge in [-0.3, -0.25) is 4.79 Å². The van der Waals surface area contributed by atoms with Crippen LogP contribution in [0.5, 0.6) is 0 Å². The summed E-state index contributed by atoms with van der Waals surface area (Å²) < 4.78 is 16.2. The first-order chi connectivity index (χ1) is 16.5. The molecule has 2 aromatic heterocycles.